The first-order chi connectivity index (χ1) is 12.6. The fourth-order valence-corrected chi connectivity index (χ4v) is 5.38. The average Bonchev–Trinajstić information content (AvgIpc) is 3.36. The van der Waals surface area contributed by atoms with Gasteiger partial charge in [0.1, 0.15) is 5.01 Å². The Morgan fingerprint density at radius 3 is 2.77 bits per heavy atom. The van der Waals surface area contributed by atoms with Gasteiger partial charge in [0.05, 0.1) is 21.1 Å². The van der Waals surface area contributed by atoms with Gasteiger partial charge in [-0.25, -0.2) is 4.98 Å². The van der Waals surface area contributed by atoms with E-state index in [1.54, 1.807) is 11.3 Å². The zero-order chi connectivity index (χ0) is 18.1. The molecule has 0 unspecified atom stereocenters. The van der Waals surface area contributed by atoms with E-state index in [0.29, 0.717) is 0 Å². The maximum Gasteiger partial charge on any atom is 0.223 e. The maximum absolute atomic E-state index is 12.7. The Balaban J connectivity index is 1.44. The van der Waals surface area contributed by atoms with Crippen molar-refractivity contribution in [1.29, 1.82) is 0 Å². The highest BCUT2D eigenvalue weighted by Gasteiger charge is 2.32. The lowest BCUT2D eigenvalue weighted by Gasteiger charge is -2.23. The van der Waals surface area contributed by atoms with Crippen molar-refractivity contribution >= 4 is 44.6 Å². The van der Waals surface area contributed by atoms with E-state index >= 15 is 0 Å². The number of nitrogens with zero attached hydrogens (tertiary/aromatic N) is 2. The summed E-state index contributed by atoms with van der Waals surface area (Å²) in [4.78, 5) is 33.5. The molecule has 1 atom stereocenters. The molecule has 0 radical (unpaired) electrons. The summed E-state index contributed by atoms with van der Waals surface area (Å²) in [5.41, 5.74) is 0.995. The number of carbonyl (C=O) groups is 2. The first-order valence-corrected chi connectivity index (χ1v) is 10.5. The summed E-state index contributed by atoms with van der Waals surface area (Å²) in [6.45, 7) is 2.74. The molecule has 0 spiro atoms. The minimum absolute atomic E-state index is 0.0546. The third-order valence-corrected chi connectivity index (χ3v) is 6.93. The quantitative estimate of drug-likeness (QED) is 0.582. The van der Waals surface area contributed by atoms with Gasteiger partial charge >= 0.3 is 0 Å². The lowest BCUT2D eigenvalue weighted by Crippen LogP contribution is -2.30. The average molecular weight is 385 g/mol. The summed E-state index contributed by atoms with van der Waals surface area (Å²) < 4.78 is 1.16. The number of aromatic nitrogens is 1. The summed E-state index contributed by atoms with van der Waals surface area (Å²) in [6.07, 6.45) is 2.49. The molecule has 0 bridgehead atoms. The molecule has 4 rings (SSSR count). The Bertz CT molecular complexity index is 927. The molecule has 1 saturated heterocycles. The van der Waals surface area contributed by atoms with Crippen LogP contribution in [0.2, 0.25) is 0 Å². The molecule has 1 aliphatic rings. The number of hydrogen-bond donors (Lipinski definition) is 0. The number of likely N-dealkylation sites (tertiary alicyclic amines) is 1. The monoisotopic (exact) mass is 384 g/mol. The van der Waals surface area contributed by atoms with E-state index in [2.05, 4.69) is 6.07 Å². The van der Waals surface area contributed by atoms with Crippen molar-refractivity contribution in [3.8, 4) is 0 Å². The van der Waals surface area contributed by atoms with Gasteiger partial charge in [0, 0.05) is 24.3 Å². The van der Waals surface area contributed by atoms with Gasteiger partial charge < -0.3 is 4.90 Å². The number of benzene rings is 1. The number of carbonyl (C=O) groups excluding carboxylic acids is 2. The summed E-state index contributed by atoms with van der Waals surface area (Å²) in [6, 6.07) is 11.9. The zero-order valence-electron chi connectivity index (χ0n) is 14.6. The summed E-state index contributed by atoms with van der Waals surface area (Å²) >= 11 is 3.17. The number of ketones is 1. The molecule has 0 aliphatic carbocycles. The Morgan fingerprint density at radius 1 is 1.15 bits per heavy atom. The summed E-state index contributed by atoms with van der Waals surface area (Å²) in [7, 11) is 0. The smallest absolute Gasteiger partial charge is 0.223 e. The Labute approximate surface area is 160 Å². The van der Waals surface area contributed by atoms with Crippen LogP contribution in [0.25, 0.3) is 10.2 Å². The van der Waals surface area contributed by atoms with E-state index in [1.165, 1.54) is 11.3 Å². The van der Waals surface area contributed by atoms with Crippen molar-refractivity contribution in [1.82, 2.24) is 9.88 Å². The highest BCUT2D eigenvalue weighted by atomic mass is 32.1. The van der Waals surface area contributed by atoms with Crippen molar-refractivity contribution in [2.24, 2.45) is 0 Å². The fraction of sp³-hybridized carbons (Fsp3) is 0.350. The number of aryl methyl sites for hydroxylation is 1. The molecule has 0 saturated carbocycles. The molecule has 4 nitrogen and oxygen atoms in total. The van der Waals surface area contributed by atoms with E-state index in [-0.39, 0.29) is 30.6 Å². The van der Waals surface area contributed by atoms with Crippen LogP contribution < -0.4 is 0 Å². The van der Waals surface area contributed by atoms with E-state index in [0.717, 1.165) is 44.4 Å². The van der Waals surface area contributed by atoms with Crippen molar-refractivity contribution in [2.75, 3.05) is 6.54 Å². The topological polar surface area (TPSA) is 50.3 Å². The van der Waals surface area contributed by atoms with E-state index in [4.69, 9.17) is 4.98 Å². The van der Waals surface area contributed by atoms with Gasteiger partial charge in [0.2, 0.25) is 5.91 Å². The highest BCUT2D eigenvalue weighted by Crippen LogP contribution is 2.36. The van der Waals surface area contributed by atoms with E-state index < -0.39 is 0 Å². The fourth-order valence-electron chi connectivity index (χ4n) is 3.43. The number of para-hydroxylation sites is 1. The van der Waals surface area contributed by atoms with Gasteiger partial charge in [-0.05, 0) is 44.0 Å². The maximum atomic E-state index is 12.7. The lowest BCUT2D eigenvalue weighted by atomic mass is 10.1. The van der Waals surface area contributed by atoms with Crippen LogP contribution in [-0.2, 0) is 4.79 Å². The van der Waals surface area contributed by atoms with Crippen LogP contribution in [0.3, 0.4) is 0 Å². The number of Topliss-reactive ketones (excluding diaryl/α,β-unsaturated/α-hetero) is 1. The molecule has 1 aliphatic heterocycles. The van der Waals surface area contributed by atoms with Crippen LogP contribution in [0.5, 0.6) is 0 Å². The second kappa shape index (κ2) is 7.29. The largest absolute Gasteiger partial charge is 0.333 e. The molecular formula is C20H20N2O2S2. The number of thiazole rings is 1. The SMILES string of the molecule is Cc1ccc(C(=O)CCC(=O)N2CCC[C@H]2c2nc3ccccc3s2)s1. The molecule has 1 amide bonds. The van der Waals surface area contributed by atoms with E-state index in [1.807, 2.05) is 42.2 Å². The van der Waals surface area contributed by atoms with Crippen LogP contribution >= 0.6 is 22.7 Å². The summed E-state index contributed by atoms with van der Waals surface area (Å²) in [5.74, 6) is 0.126. The zero-order valence-corrected chi connectivity index (χ0v) is 16.2. The van der Waals surface area contributed by atoms with Gasteiger partial charge in [0.15, 0.2) is 5.78 Å². The molecule has 2 aromatic heterocycles. The minimum Gasteiger partial charge on any atom is -0.333 e. The number of thiophene rings is 1. The molecule has 3 aromatic rings. The third-order valence-electron chi connectivity index (χ3n) is 4.75. The number of rotatable bonds is 5. The number of fused-ring (bicyclic) bond motifs is 1. The van der Waals surface area contributed by atoms with Crippen LogP contribution in [0.1, 0.15) is 51.3 Å². The molecule has 1 aromatic carbocycles. The Kier molecular flexibility index (Phi) is 4.87. The van der Waals surface area contributed by atoms with Crippen molar-refractivity contribution < 1.29 is 9.59 Å². The van der Waals surface area contributed by atoms with Gasteiger partial charge in [-0.1, -0.05) is 12.1 Å². The summed E-state index contributed by atoms with van der Waals surface area (Å²) in [5, 5.41) is 1.01. The van der Waals surface area contributed by atoms with Gasteiger partial charge in [-0.2, -0.15) is 0 Å². The minimum atomic E-state index is 0.0546. The molecule has 6 heteroatoms. The molecule has 3 heterocycles. The van der Waals surface area contributed by atoms with Crippen molar-refractivity contribution in [2.45, 2.75) is 38.6 Å². The highest BCUT2D eigenvalue weighted by molar-refractivity contribution is 7.18. The molecule has 0 N–H and O–H groups in total. The van der Waals surface area contributed by atoms with Crippen molar-refractivity contribution in [3.05, 3.63) is 51.2 Å². The van der Waals surface area contributed by atoms with Gasteiger partial charge in [-0.3, -0.25) is 9.59 Å². The molecule has 26 heavy (non-hydrogen) atoms. The first-order valence-electron chi connectivity index (χ1n) is 8.86. The predicted octanol–water partition coefficient (Wildman–Crippen LogP) is 4.99. The second-order valence-corrected chi connectivity index (χ2v) is 8.95. The molecule has 134 valence electrons. The normalized spacial score (nSPS) is 17.1. The van der Waals surface area contributed by atoms with Crippen LogP contribution in [-0.4, -0.2) is 28.1 Å². The Hall–Kier alpha value is -2.05. The van der Waals surface area contributed by atoms with Crippen LogP contribution in [0.15, 0.2) is 36.4 Å². The molecule has 1 fully saturated rings. The van der Waals surface area contributed by atoms with Crippen LogP contribution in [0, 0.1) is 6.92 Å². The third kappa shape index (κ3) is 3.44. The predicted molar refractivity (Wildman–Crippen MR) is 106 cm³/mol. The lowest BCUT2D eigenvalue weighted by molar-refractivity contribution is -0.132. The van der Waals surface area contributed by atoms with Gasteiger partial charge in [-0.15, -0.1) is 22.7 Å². The van der Waals surface area contributed by atoms with Crippen LogP contribution in [0.4, 0.5) is 0 Å². The second-order valence-electron chi connectivity index (χ2n) is 6.60. The number of amides is 1. The van der Waals surface area contributed by atoms with Crippen molar-refractivity contribution in [3.63, 3.8) is 0 Å². The number of hydrogen-bond acceptors (Lipinski definition) is 5. The molecular weight excluding hydrogens is 364 g/mol. The van der Waals surface area contributed by atoms with Gasteiger partial charge in [0.25, 0.3) is 0 Å². The Morgan fingerprint density at radius 2 is 2.00 bits per heavy atom. The standard InChI is InChI=1S/C20H20N2O2S2/c1-13-8-10-18(25-13)16(23)9-11-19(24)22-12-4-6-15(22)20-21-14-5-2-3-7-17(14)26-20/h2-3,5,7-8,10,15H,4,6,9,11-12H2,1H3/t15-/m0/s1. The van der Waals surface area contributed by atoms with E-state index in [9.17, 15) is 9.59 Å². The first kappa shape index (κ1) is 17.4.